The summed E-state index contributed by atoms with van der Waals surface area (Å²) >= 11 is -3.58. The van der Waals surface area contributed by atoms with Gasteiger partial charge in [0.1, 0.15) is 6.61 Å². The van der Waals surface area contributed by atoms with Gasteiger partial charge in [-0.25, -0.2) is 4.79 Å². The van der Waals surface area contributed by atoms with Gasteiger partial charge in [-0.3, -0.25) is 0 Å². The van der Waals surface area contributed by atoms with Gasteiger partial charge in [-0.2, -0.15) is 0 Å². The van der Waals surface area contributed by atoms with Gasteiger partial charge < -0.3 is 10.2 Å². The van der Waals surface area contributed by atoms with Gasteiger partial charge in [-0.1, -0.05) is 0 Å². The molecule has 0 aliphatic carbocycles. The Morgan fingerprint density at radius 3 is 1.56 bits per heavy atom. The Hall–Kier alpha value is -0.136. The van der Waals surface area contributed by atoms with E-state index < -0.39 is 31.2 Å². The van der Waals surface area contributed by atoms with E-state index in [1.165, 1.54) is 0 Å². The Labute approximate surface area is 57.5 Å². The molecule has 7 heteroatoms. The fourth-order valence-electron chi connectivity index (χ4n) is 0. The molecule has 0 saturated carbocycles. The molecule has 6 nitrogen and oxygen atoms in total. The van der Waals surface area contributed by atoms with Gasteiger partial charge >= 0.3 is 35.3 Å². The fourth-order valence-corrected chi connectivity index (χ4v) is 0. The fraction of sp³-hybridized carbons (Fsp3) is 0.500. The summed E-state index contributed by atoms with van der Waals surface area (Å²) in [5, 5.41) is 15.0. The zero-order valence-corrected chi connectivity index (χ0v) is 5.87. The Morgan fingerprint density at radius 2 is 1.56 bits per heavy atom. The number of aliphatic hydroxyl groups excluding tert-OH is 1. The van der Waals surface area contributed by atoms with Crippen LogP contribution in [0.1, 0.15) is 0 Å². The number of carbonyl (C=O) groups is 1. The third-order valence-corrected chi connectivity index (χ3v) is 0.135. The van der Waals surface area contributed by atoms with Crippen molar-refractivity contribution in [2.75, 3.05) is 6.61 Å². The SMILES string of the molecule is O=C(O)CO.[O]=[Ti]([OH])[OH]. The van der Waals surface area contributed by atoms with Crippen LogP contribution in [0.25, 0.3) is 0 Å². The number of carboxylic acid groups (broad SMARTS) is 1. The second kappa shape index (κ2) is 7.86. The summed E-state index contributed by atoms with van der Waals surface area (Å²) in [5.74, 6) is -1.19. The van der Waals surface area contributed by atoms with Crippen molar-refractivity contribution in [1.82, 2.24) is 0 Å². The van der Waals surface area contributed by atoms with Crippen molar-refractivity contribution in [2.24, 2.45) is 0 Å². The average molecular weight is 174 g/mol. The van der Waals surface area contributed by atoms with Gasteiger partial charge in [-0.05, 0) is 0 Å². The monoisotopic (exact) mass is 174 g/mol. The third kappa shape index (κ3) is 77.8. The molecule has 0 aromatic rings. The quantitative estimate of drug-likeness (QED) is 0.336. The molecule has 0 bridgehead atoms. The van der Waals surface area contributed by atoms with Gasteiger partial charge in [0, 0.05) is 0 Å². The van der Waals surface area contributed by atoms with E-state index in [9.17, 15) is 0 Å². The summed E-state index contributed by atoms with van der Waals surface area (Å²) in [6, 6.07) is 0. The average Bonchev–Trinajstić information content (AvgIpc) is 1.65. The molecular formula is C2H6O6Ti. The van der Waals surface area contributed by atoms with E-state index in [1.807, 2.05) is 0 Å². The molecule has 9 heavy (non-hydrogen) atoms. The summed E-state index contributed by atoms with van der Waals surface area (Å²) in [6.45, 7) is -0.778. The third-order valence-electron chi connectivity index (χ3n) is 0.135. The molecule has 0 unspecified atom stereocenters. The van der Waals surface area contributed by atoms with E-state index in [2.05, 4.69) is 0 Å². The first-order chi connectivity index (χ1) is 4.00. The first-order valence-corrected chi connectivity index (χ1v) is 3.78. The van der Waals surface area contributed by atoms with Gasteiger partial charge in [0.2, 0.25) is 0 Å². The number of hydrogen-bond donors (Lipinski definition) is 4. The van der Waals surface area contributed by atoms with Crippen molar-refractivity contribution in [2.45, 2.75) is 0 Å². The van der Waals surface area contributed by atoms with Crippen molar-refractivity contribution in [1.29, 1.82) is 0 Å². The van der Waals surface area contributed by atoms with Crippen molar-refractivity contribution in [3.63, 3.8) is 0 Å². The summed E-state index contributed by atoms with van der Waals surface area (Å²) in [7, 11) is 0. The summed E-state index contributed by atoms with van der Waals surface area (Å²) in [4.78, 5) is 9.12. The number of hydrogen-bond acceptors (Lipinski definition) is 3. The van der Waals surface area contributed by atoms with E-state index in [1.54, 1.807) is 0 Å². The van der Waals surface area contributed by atoms with Gasteiger partial charge in [0.05, 0.1) is 0 Å². The van der Waals surface area contributed by atoms with Gasteiger partial charge in [0.25, 0.3) is 0 Å². The molecule has 0 aromatic carbocycles. The Balaban J connectivity index is 0. The second-order valence-electron chi connectivity index (χ2n) is 0.834. The maximum atomic E-state index is 9.12. The molecule has 0 rings (SSSR count). The van der Waals surface area contributed by atoms with E-state index >= 15 is 0 Å². The van der Waals surface area contributed by atoms with Crippen molar-refractivity contribution >= 4 is 5.97 Å². The van der Waals surface area contributed by atoms with Crippen LogP contribution in [0.4, 0.5) is 0 Å². The van der Waals surface area contributed by atoms with E-state index in [0.717, 1.165) is 0 Å². The molecule has 0 aromatic heterocycles. The topological polar surface area (TPSA) is 115 Å². The standard InChI is InChI=1S/C2H4O3.2H2O.O.Ti/c3-1-2(4)5;;;;/h3H,1H2,(H,4,5);2*1H2;;/q;;;;+2/p-2. The normalized spacial score (nSPS) is 7.00. The minimum absolute atomic E-state index is 0.778. The zero-order valence-electron chi connectivity index (χ0n) is 4.31. The van der Waals surface area contributed by atoms with Crippen LogP contribution in [-0.2, 0) is 26.7 Å². The molecule has 0 atom stereocenters. The molecule has 4 N–H and O–H groups in total. The molecule has 0 aliphatic heterocycles. The van der Waals surface area contributed by atoms with Crippen LogP contribution in [0, 0.1) is 0 Å². The van der Waals surface area contributed by atoms with Crippen LogP contribution in [-0.4, -0.2) is 30.2 Å². The predicted molar refractivity (Wildman–Crippen MR) is 19.8 cm³/mol. The van der Waals surface area contributed by atoms with E-state index in [0.29, 0.717) is 0 Å². The van der Waals surface area contributed by atoms with Crippen LogP contribution >= 0.6 is 0 Å². The number of rotatable bonds is 1. The summed E-state index contributed by atoms with van der Waals surface area (Å²) in [5.41, 5.74) is 0. The first-order valence-electron chi connectivity index (χ1n) is 1.75. The van der Waals surface area contributed by atoms with Crippen LogP contribution in [0.3, 0.4) is 0 Å². The predicted octanol–water partition coefficient (Wildman–Crippen LogP) is -2.17. The Morgan fingerprint density at radius 1 is 1.44 bits per heavy atom. The molecule has 0 radical (unpaired) electrons. The molecule has 0 fully saturated rings. The van der Waals surface area contributed by atoms with Crippen molar-refractivity contribution < 1.29 is 44.3 Å². The molecule has 0 heterocycles. The summed E-state index contributed by atoms with van der Waals surface area (Å²) < 4.78 is 23.2. The molecule has 0 amide bonds. The van der Waals surface area contributed by atoms with Crippen LogP contribution < -0.4 is 0 Å². The second-order valence-corrected chi connectivity index (χ2v) is 1.72. The number of aliphatic carboxylic acids is 1. The van der Waals surface area contributed by atoms with E-state index in [-0.39, 0.29) is 0 Å². The van der Waals surface area contributed by atoms with Crippen LogP contribution in [0.2, 0.25) is 0 Å². The minimum atomic E-state index is -3.58. The van der Waals surface area contributed by atoms with Crippen LogP contribution in [0.15, 0.2) is 0 Å². The Kier molecular flexibility index (Phi) is 10.2. The Bertz CT molecular complexity index is 95.2. The van der Waals surface area contributed by atoms with Gasteiger partial charge in [-0.15, -0.1) is 0 Å². The summed E-state index contributed by atoms with van der Waals surface area (Å²) in [6.07, 6.45) is 0. The first kappa shape index (κ1) is 11.6. The molecule has 54 valence electrons. The van der Waals surface area contributed by atoms with E-state index in [4.69, 9.17) is 25.7 Å². The molecule has 0 saturated heterocycles. The zero-order chi connectivity index (χ0) is 7.86. The number of carboxylic acids is 1. The van der Waals surface area contributed by atoms with Crippen molar-refractivity contribution in [3.05, 3.63) is 0 Å². The molecular weight excluding hydrogens is 168 g/mol. The molecule has 0 spiro atoms. The van der Waals surface area contributed by atoms with Gasteiger partial charge in [0.15, 0.2) is 0 Å². The molecule has 0 aliphatic rings. The maximum absolute atomic E-state index is 9.12. The number of aliphatic hydroxyl groups is 1. The van der Waals surface area contributed by atoms with Crippen molar-refractivity contribution in [3.8, 4) is 0 Å². The van der Waals surface area contributed by atoms with Crippen LogP contribution in [0.5, 0.6) is 0 Å².